The van der Waals surface area contributed by atoms with E-state index in [2.05, 4.69) is 18.1 Å². The molecule has 1 aromatic carbocycles. The highest BCUT2D eigenvalue weighted by molar-refractivity contribution is 7.80. The Bertz CT molecular complexity index is 254. The van der Waals surface area contributed by atoms with Gasteiger partial charge in [-0.2, -0.15) is 12.6 Å². The molecule has 0 saturated heterocycles. The Morgan fingerprint density at radius 3 is 2.50 bits per heavy atom. The molecule has 0 atom stereocenters. The summed E-state index contributed by atoms with van der Waals surface area (Å²) in [5.41, 5.74) is 4.64. The van der Waals surface area contributed by atoms with Gasteiger partial charge in [-0.1, -0.05) is 24.3 Å². The number of benzene rings is 1. The molecule has 0 heterocycles. The van der Waals surface area contributed by atoms with Gasteiger partial charge in [0.05, 0.1) is 0 Å². The lowest BCUT2D eigenvalue weighted by molar-refractivity contribution is 1.35. The zero-order valence-corrected chi connectivity index (χ0v) is 7.59. The van der Waals surface area contributed by atoms with E-state index >= 15 is 0 Å². The minimum atomic E-state index is 0.761. The molecule has 1 aromatic rings. The summed E-state index contributed by atoms with van der Waals surface area (Å²) in [7, 11) is 0. The summed E-state index contributed by atoms with van der Waals surface area (Å²) in [5.74, 6) is 5.98. The number of hydrazine groups is 1. The van der Waals surface area contributed by atoms with Gasteiger partial charge in [0.1, 0.15) is 0 Å². The SMILES string of the molecule is NNc1ccc(C=CCS)cc1. The maximum absolute atomic E-state index is 5.22. The standard InChI is InChI=1S/C9H12N2S/c10-11-9-5-3-8(4-6-9)2-1-7-12/h1-6,11-12H,7,10H2. The number of hydrogen-bond acceptors (Lipinski definition) is 3. The van der Waals surface area contributed by atoms with Gasteiger partial charge in [-0.15, -0.1) is 0 Å². The van der Waals surface area contributed by atoms with Gasteiger partial charge in [-0.3, -0.25) is 5.84 Å². The average molecular weight is 180 g/mol. The van der Waals surface area contributed by atoms with Crippen LogP contribution in [0.2, 0.25) is 0 Å². The molecule has 0 radical (unpaired) electrons. The first-order valence-electron chi connectivity index (χ1n) is 3.71. The van der Waals surface area contributed by atoms with Gasteiger partial charge in [0.15, 0.2) is 0 Å². The van der Waals surface area contributed by atoms with Crippen LogP contribution in [0.15, 0.2) is 30.3 Å². The lowest BCUT2D eigenvalue weighted by Gasteiger charge is -1.98. The van der Waals surface area contributed by atoms with Crippen LogP contribution in [0.1, 0.15) is 5.56 Å². The Hall–Kier alpha value is -0.930. The molecule has 0 saturated carbocycles. The minimum Gasteiger partial charge on any atom is -0.324 e. The molecule has 3 N–H and O–H groups in total. The summed E-state index contributed by atoms with van der Waals surface area (Å²) in [5, 5.41) is 0. The molecule has 0 unspecified atom stereocenters. The molecular formula is C9H12N2S. The van der Waals surface area contributed by atoms with Crippen LogP contribution in [0, 0.1) is 0 Å². The normalized spacial score (nSPS) is 10.5. The summed E-state index contributed by atoms with van der Waals surface area (Å²) in [6.07, 6.45) is 4.02. The summed E-state index contributed by atoms with van der Waals surface area (Å²) in [6, 6.07) is 7.85. The predicted molar refractivity (Wildman–Crippen MR) is 57.1 cm³/mol. The topological polar surface area (TPSA) is 38.0 Å². The molecule has 0 aliphatic heterocycles. The van der Waals surface area contributed by atoms with Crippen molar-refractivity contribution in [2.45, 2.75) is 0 Å². The van der Waals surface area contributed by atoms with Crippen molar-refractivity contribution in [2.24, 2.45) is 5.84 Å². The third kappa shape index (κ3) is 2.60. The Morgan fingerprint density at radius 2 is 2.00 bits per heavy atom. The first-order chi connectivity index (χ1) is 5.86. The van der Waals surface area contributed by atoms with Crippen LogP contribution >= 0.6 is 12.6 Å². The van der Waals surface area contributed by atoms with E-state index in [-0.39, 0.29) is 0 Å². The highest BCUT2D eigenvalue weighted by Gasteiger charge is 1.87. The molecule has 0 aliphatic rings. The van der Waals surface area contributed by atoms with Crippen molar-refractivity contribution in [3.8, 4) is 0 Å². The fraction of sp³-hybridized carbons (Fsp3) is 0.111. The fourth-order valence-electron chi connectivity index (χ4n) is 0.879. The largest absolute Gasteiger partial charge is 0.324 e. The van der Waals surface area contributed by atoms with Gasteiger partial charge in [-0.05, 0) is 17.7 Å². The molecule has 0 amide bonds. The van der Waals surface area contributed by atoms with Crippen molar-refractivity contribution < 1.29 is 0 Å². The molecule has 0 aliphatic carbocycles. The second-order valence-electron chi connectivity index (χ2n) is 2.35. The molecule has 2 nitrogen and oxygen atoms in total. The molecule has 3 heteroatoms. The molecule has 12 heavy (non-hydrogen) atoms. The van der Waals surface area contributed by atoms with Gasteiger partial charge in [0.25, 0.3) is 0 Å². The third-order valence-electron chi connectivity index (χ3n) is 1.49. The quantitative estimate of drug-likeness (QED) is 0.378. The van der Waals surface area contributed by atoms with Gasteiger partial charge in [-0.25, -0.2) is 0 Å². The van der Waals surface area contributed by atoms with E-state index in [0.29, 0.717) is 0 Å². The summed E-state index contributed by atoms with van der Waals surface area (Å²) >= 11 is 4.07. The van der Waals surface area contributed by atoms with Crippen molar-refractivity contribution in [1.29, 1.82) is 0 Å². The maximum Gasteiger partial charge on any atom is 0.0485 e. The second kappa shape index (κ2) is 4.85. The third-order valence-corrected chi connectivity index (χ3v) is 1.70. The molecule has 0 aromatic heterocycles. The summed E-state index contributed by atoms with van der Waals surface area (Å²) in [4.78, 5) is 0. The zero-order valence-electron chi connectivity index (χ0n) is 6.70. The van der Waals surface area contributed by atoms with Crippen LogP contribution < -0.4 is 11.3 Å². The number of nitrogen functional groups attached to an aromatic ring is 1. The monoisotopic (exact) mass is 180 g/mol. The molecule has 0 spiro atoms. The number of nitrogens with one attached hydrogen (secondary N) is 1. The number of thiol groups is 1. The fourth-order valence-corrected chi connectivity index (χ4v) is 0.985. The Labute approximate surface area is 77.9 Å². The number of hydrogen-bond donors (Lipinski definition) is 3. The molecule has 0 fully saturated rings. The van der Waals surface area contributed by atoms with E-state index < -0.39 is 0 Å². The molecule has 64 valence electrons. The second-order valence-corrected chi connectivity index (χ2v) is 2.72. The number of nitrogens with two attached hydrogens (primary N) is 1. The van der Waals surface area contributed by atoms with E-state index in [0.717, 1.165) is 17.0 Å². The van der Waals surface area contributed by atoms with Gasteiger partial charge >= 0.3 is 0 Å². The predicted octanol–water partition coefficient (Wildman–Crippen LogP) is 1.92. The molecular weight excluding hydrogens is 168 g/mol. The maximum atomic E-state index is 5.22. The van der Waals surface area contributed by atoms with E-state index in [1.165, 1.54) is 0 Å². The highest BCUT2D eigenvalue weighted by Crippen LogP contribution is 2.08. The smallest absolute Gasteiger partial charge is 0.0485 e. The van der Waals surface area contributed by atoms with Crippen LogP contribution in [0.3, 0.4) is 0 Å². The van der Waals surface area contributed by atoms with E-state index in [4.69, 9.17) is 5.84 Å². The summed E-state index contributed by atoms with van der Waals surface area (Å²) < 4.78 is 0. The van der Waals surface area contributed by atoms with Gasteiger partial charge in [0.2, 0.25) is 0 Å². The minimum absolute atomic E-state index is 0.761. The van der Waals surface area contributed by atoms with Crippen LogP contribution in [0.25, 0.3) is 6.08 Å². The first-order valence-corrected chi connectivity index (χ1v) is 4.34. The number of rotatable bonds is 3. The average Bonchev–Trinajstić information content (AvgIpc) is 2.15. The van der Waals surface area contributed by atoms with Crippen molar-refractivity contribution in [2.75, 3.05) is 11.2 Å². The first kappa shape index (κ1) is 9.16. The molecule has 0 bridgehead atoms. The molecule has 1 rings (SSSR count). The highest BCUT2D eigenvalue weighted by atomic mass is 32.1. The van der Waals surface area contributed by atoms with Crippen LogP contribution in [-0.4, -0.2) is 5.75 Å². The Morgan fingerprint density at radius 1 is 1.33 bits per heavy atom. The zero-order chi connectivity index (χ0) is 8.81. The lowest BCUT2D eigenvalue weighted by atomic mass is 10.2. The Balaban J connectivity index is 2.71. The van der Waals surface area contributed by atoms with Gasteiger partial charge in [0, 0.05) is 11.4 Å². The van der Waals surface area contributed by atoms with E-state index in [1.54, 1.807) is 0 Å². The summed E-state index contributed by atoms with van der Waals surface area (Å²) in [6.45, 7) is 0. The van der Waals surface area contributed by atoms with E-state index in [1.807, 2.05) is 36.4 Å². The van der Waals surface area contributed by atoms with Crippen LogP contribution in [0.5, 0.6) is 0 Å². The van der Waals surface area contributed by atoms with Crippen molar-refractivity contribution >= 4 is 24.4 Å². The van der Waals surface area contributed by atoms with Gasteiger partial charge < -0.3 is 5.43 Å². The van der Waals surface area contributed by atoms with Crippen molar-refractivity contribution in [1.82, 2.24) is 0 Å². The lowest BCUT2D eigenvalue weighted by Crippen LogP contribution is -2.05. The van der Waals surface area contributed by atoms with Crippen LogP contribution in [-0.2, 0) is 0 Å². The van der Waals surface area contributed by atoms with E-state index in [9.17, 15) is 0 Å². The van der Waals surface area contributed by atoms with Crippen molar-refractivity contribution in [3.63, 3.8) is 0 Å². The number of anilines is 1. The Kier molecular flexibility index (Phi) is 3.70. The van der Waals surface area contributed by atoms with Crippen molar-refractivity contribution in [3.05, 3.63) is 35.9 Å². The van der Waals surface area contributed by atoms with Crippen LogP contribution in [0.4, 0.5) is 5.69 Å².